The van der Waals surface area contributed by atoms with E-state index in [0.717, 1.165) is 22.7 Å². The third-order valence-corrected chi connectivity index (χ3v) is 11.3. The van der Waals surface area contributed by atoms with Crippen molar-refractivity contribution in [2.45, 2.75) is 0 Å². The third-order valence-electron chi connectivity index (χ3n) is 11.3. The Labute approximate surface area is 325 Å². The molecule has 0 atom stereocenters. The maximum Gasteiger partial charge on any atom is 0.0547 e. The average Bonchev–Trinajstić information content (AvgIpc) is 3.59. The molecular formula is C54H36N2. The van der Waals surface area contributed by atoms with Crippen LogP contribution >= 0.6 is 0 Å². The van der Waals surface area contributed by atoms with Crippen LogP contribution < -0.4 is 4.90 Å². The number of benzene rings is 10. The van der Waals surface area contributed by atoms with Crippen LogP contribution in [0.25, 0.3) is 82.1 Å². The topological polar surface area (TPSA) is 8.17 Å². The first-order chi connectivity index (χ1) is 27.8. The van der Waals surface area contributed by atoms with Gasteiger partial charge in [0.05, 0.1) is 16.7 Å². The van der Waals surface area contributed by atoms with Gasteiger partial charge >= 0.3 is 0 Å². The summed E-state index contributed by atoms with van der Waals surface area (Å²) in [5.41, 5.74) is 11.8. The van der Waals surface area contributed by atoms with Gasteiger partial charge in [-0.25, -0.2) is 0 Å². The van der Waals surface area contributed by atoms with E-state index in [2.05, 4.69) is 228 Å². The van der Waals surface area contributed by atoms with E-state index in [9.17, 15) is 0 Å². The van der Waals surface area contributed by atoms with Gasteiger partial charge in [0, 0.05) is 33.2 Å². The number of hydrogen-bond donors (Lipinski definition) is 0. The zero-order valence-electron chi connectivity index (χ0n) is 30.7. The van der Waals surface area contributed by atoms with Gasteiger partial charge in [-0.15, -0.1) is 0 Å². The summed E-state index contributed by atoms with van der Waals surface area (Å²) in [5.74, 6) is 0. The minimum atomic E-state index is 1.11. The molecule has 0 bridgehead atoms. The molecule has 0 N–H and O–H groups in total. The number of para-hydroxylation sites is 2. The van der Waals surface area contributed by atoms with Gasteiger partial charge in [0.25, 0.3) is 0 Å². The van der Waals surface area contributed by atoms with E-state index in [4.69, 9.17) is 0 Å². The third kappa shape index (κ3) is 5.34. The van der Waals surface area contributed by atoms with E-state index < -0.39 is 0 Å². The van der Waals surface area contributed by atoms with Crippen molar-refractivity contribution in [1.29, 1.82) is 0 Å². The van der Waals surface area contributed by atoms with Crippen molar-refractivity contribution >= 4 is 71.2 Å². The molecule has 0 spiro atoms. The van der Waals surface area contributed by atoms with Crippen molar-refractivity contribution in [3.05, 3.63) is 218 Å². The molecule has 10 aromatic carbocycles. The fraction of sp³-hybridized carbons (Fsp3) is 0. The van der Waals surface area contributed by atoms with Gasteiger partial charge in [-0.05, 0) is 116 Å². The van der Waals surface area contributed by atoms with Crippen LogP contribution in [0.15, 0.2) is 218 Å². The van der Waals surface area contributed by atoms with E-state index in [-0.39, 0.29) is 0 Å². The van der Waals surface area contributed by atoms with Crippen molar-refractivity contribution in [2.24, 2.45) is 0 Å². The Kier molecular flexibility index (Phi) is 7.53. The predicted molar refractivity (Wildman–Crippen MR) is 239 cm³/mol. The minimum Gasteiger partial charge on any atom is -0.310 e. The number of fused-ring (bicyclic) bond motifs is 6. The highest BCUT2D eigenvalue weighted by atomic mass is 15.1. The molecule has 262 valence electrons. The zero-order valence-corrected chi connectivity index (χ0v) is 30.7. The second-order valence-electron chi connectivity index (χ2n) is 14.6. The van der Waals surface area contributed by atoms with Gasteiger partial charge in [-0.3, -0.25) is 0 Å². The predicted octanol–water partition coefficient (Wildman–Crippen LogP) is 15.0. The first-order valence-corrected chi connectivity index (χ1v) is 19.3. The molecule has 11 rings (SSSR count). The Morgan fingerprint density at radius 3 is 1.64 bits per heavy atom. The van der Waals surface area contributed by atoms with Crippen LogP contribution in [-0.4, -0.2) is 4.57 Å². The number of hydrogen-bond acceptors (Lipinski definition) is 1. The van der Waals surface area contributed by atoms with E-state index in [1.54, 1.807) is 0 Å². The number of aromatic nitrogens is 1. The second-order valence-corrected chi connectivity index (χ2v) is 14.6. The van der Waals surface area contributed by atoms with E-state index in [1.807, 2.05) is 0 Å². The van der Waals surface area contributed by atoms with E-state index in [0.29, 0.717) is 0 Å². The molecule has 0 saturated carbocycles. The molecule has 0 fully saturated rings. The lowest BCUT2D eigenvalue weighted by Gasteiger charge is -2.27. The SMILES string of the molecule is c1ccc(N(c2ccc(-c3ccc4ccccc4c3)cc2)c2ccc(-c3ccc(-n4c5ccccc5c5cc6ccccc6cc54)cc3)c3ccccc23)cc1. The largest absolute Gasteiger partial charge is 0.310 e. The van der Waals surface area contributed by atoms with Gasteiger partial charge in [-0.1, -0.05) is 152 Å². The lowest BCUT2D eigenvalue weighted by molar-refractivity contribution is 1.18. The lowest BCUT2D eigenvalue weighted by atomic mass is 9.96. The molecule has 2 nitrogen and oxygen atoms in total. The Balaban J connectivity index is 1.000. The molecule has 1 aromatic heterocycles. The zero-order chi connectivity index (χ0) is 37.0. The van der Waals surface area contributed by atoms with Gasteiger partial charge in [0.15, 0.2) is 0 Å². The van der Waals surface area contributed by atoms with Crippen molar-refractivity contribution in [3.8, 4) is 27.9 Å². The maximum absolute atomic E-state index is 2.41. The lowest BCUT2D eigenvalue weighted by Crippen LogP contribution is -2.10. The highest BCUT2D eigenvalue weighted by Gasteiger charge is 2.18. The van der Waals surface area contributed by atoms with Crippen molar-refractivity contribution in [3.63, 3.8) is 0 Å². The fourth-order valence-corrected chi connectivity index (χ4v) is 8.63. The van der Waals surface area contributed by atoms with E-state index in [1.165, 1.54) is 76.4 Å². The summed E-state index contributed by atoms with van der Waals surface area (Å²) < 4.78 is 2.41. The van der Waals surface area contributed by atoms with Crippen LogP contribution in [0, 0.1) is 0 Å². The highest BCUT2D eigenvalue weighted by molar-refractivity contribution is 6.14. The first kappa shape index (κ1) is 32.0. The molecule has 0 saturated heterocycles. The van der Waals surface area contributed by atoms with Gasteiger partial charge in [0.2, 0.25) is 0 Å². The molecule has 0 amide bonds. The Bertz CT molecular complexity index is 3230. The quantitative estimate of drug-likeness (QED) is 0.167. The van der Waals surface area contributed by atoms with E-state index >= 15 is 0 Å². The van der Waals surface area contributed by atoms with Crippen LogP contribution in [-0.2, 0) is 0 Å². The summed E-state index contributed by atoms with van der Waals surface area (Å²) in [5, 5.41) is 9.98. The van der Waals surface area contributed by atoms with Gasteiger partial charge < -0.3 is 9.47 Å². The Hall–Kier alpha value is -7.42. The normalized spacial score (nSPS) is 11.6. The number of nitrogens with zero attached hydrogens (tertiary/aromatic N) is 2. The van der Waals surface area contributed by atoms with Crippen molar-refractivity contribution in [2.75, 3.05) is 4.90 Å². The van der Waals surface area contributed by atoms with Crippen LogP contribution in [0.1, 0.15) is 0 Å². The average molecular weight is 713 g/mol. The summed E-state index contributed by atoms with van der Waals surface area (Å²) in [6, 6.07) is 79.5. The standard InChI is InChI=1S/C54H36N2/c1-2-16-44(17-3-1)55(45-28-24-38(25-29-45)43-23-22-37-12-4-5-13-40(37)34-43)53-33-32-47(48-18-8-9-19-49(48)53)39-26-30-46(31-27-39)56-52-21-11-10-20-50(52)51-35-41-14-6-7-15-42(41)36-54(51)56/h1-36H. The Morgan fingerprint density at radius 2 is 0.875 bits per heavy atom. The summed E-state index contributed by atoms with van der Waals surface area (Å²) in [6.07, 6.45) is 0. The molecule has 0 radical (unpaired) electrons. The molecule has 0 aliphatic rings. The smallest absolute Gasteiger partial charge is 0.0547 e. The molecular weight excluding hydrogens is 677 g/mol. The Morgan fingerprint density at radius 1 is 0.304 bits per heavy atom. The molecule has 0 aliphatic heterocycles. The van der Waals surface area contributed by atoms with Crippen LogP contribution in [0.3, 0.4) is 0 Å². The minimum absolute atomic E-state index is 1.11. The molecule has 0 unspecified atom stereocenters. The first-order valence-electron chi connectivity index (χ1n) is 19.3. The van der Waals surface area contributed by atoms with Gasteiger partial charge in [0.1, 0.15) is 0 Å². The molecule has 2 heteroatoms. The number of rotatable bonds is 6. The van der Waals surface area contributed by atoms with Gasteiger partial charge in [-0.2, -0.15) is 0 Å². The summed E-state index contributed by atoms with van der Waals surface area (Å²) in [7, 11) is 0. The summed E-state index contributed by atoms with van der Waals surface area (Å²) in [4.78, 5) is 2.38. The highest BCUT2D eigenvalue weighted by Crippen LogP contribution is 2.43. The van der Waals surface area contributed by atoms with Crippen LogP contribution in [0.4, 0.5) is 17.1 Å². The molecule has 0 aliphatic carbocycles. The van der Waals surface area contributed by atoms with Crippen LogP contribution in [0.5, 0.6) is 0 Å². The van der Waals surface area contributed by atoms with Crippen molar-refractivity contribution in [1.82, 2.24) is 4.57 Å². The molecule has 1 heterocycles. The fourth-order valence-electron chi connectivity index (χ4n) is 8.63. The summed E-state index contributed by atoms with van der Waals surface area (Å²) in [6.45, 7) is 0. The van der Waals surface area contributed by atoms with Crippen molar-refractivity contribution < 1.29 is 0 Å². The van der Waals surface area contributed by atoms with Crippen LogP contribution in [0.2, 0.25) is 0 Å². The monoisotopic (exact) mass is 712 g/mol. The summed E-state index contributed by atoms with van der Waals surface area (Å²) >= 11 is 0. The molecule has 56 heavy (non-hydrogen) atoms. The number of anilines is 3. The second kappa shape index (κ2) is 13.2. The molecule has 11 aromatic rings. The maximum atomic E-state index is 2.41.